The highest BCUT2D eigenvalue weighted by Crippen LogP contribution is 2.23. The van der Waals surface area contributed by atoms with Crippen LogP contribution in [0.2, 0.25) is 0 Å². The van der Waals surface area contributed by atoms with Crippen LogP contribution in [-0.2, 0) is 20.8 Å². The molecule has 0 atom stereocenters. The lowest BCUT2D eigenvalue weighted by Gasteiger charge is -2.20. The maximum Gasteiger partial charge on any atom is 0.184 e. The van der Waals surface area contributed by atoms with Gasteiger partial charge < -0.3 is 14.2 Å². The smallest absolute Gasteiger partial charge is 0.184 e. The highest BCUT2D eigenvalue weighted by Gasteiger charge is 2.14. The topological polar surface area (TPSA) is 27.7 Å². The fourth-order valence-corrected chi connectivity index (χ4v) is 1.64. The summed E-state index contributed by atoms with van der Waals surface area (Å²) < 4.78 is 16.7. The fraction of sp³-hybridized carbons (Fsp3) is 0.571. The van der Waals surface area contributed by atoms with Crippen LogP contribution in [0.4, 0.5) is 0 Å². The quantitative estimate of drug-likeness (QED) is 0.650. The van der Waals surface area contributed by atoms with Gasteiger partial charge >= 0.3 is 0 Å². The number of benzene rings is 1. The summed E-state index contributed by atoms with van der Waals surface area (Å²) in [5.74, 6) is 0. The first kappa shape index (κ1) is 14.2. The van der Waals surface area contributed by atoms with Crippen molar-refractivity contribution in [3.63, 3.8) is 0 Å². The van der Waals surface area contributed by atoms with Crippen LogP contribution < -0.4 is 0 Å². The van der Waals surface area contributed by atoms with Gasteiger partial charge in [0.05, 0.1) is 6.61 Å². The standard InChI is InChI=1S/C14H22O3/c1-4-15-11-12-9-7-8-10-13(12)14(16-5-2)17-6-3/h7-10,14H,4-6,11H2,1-3H3. The van der Waals surface area contributed by atoms with E-state index in [4.69, 9.17) is 14.2 Å². The summed E-state index contributed by atoms with van der Waals surface area (Å²) in [6, 6.07) is 8.09. The monoisotopic (exact) mass is 238 g/mol. The second-order valence-corrected chi connectivity index (χ2v) is 3.58. The normalized spacial score (nSPS) is 11.1. The molecule has 0 fully saturated rings. The Bertz CT molecular complexity index is 306. The Morgan fingerprint density at radius 3 is 2.18 bits per heavy atom. The first-order chi connectivity index (χ1) is 8.33. The minimum atomic E-state index is -0.290. The predicted molar refractivity (Wildman–Crippen MR) is 67.8 cm³/mol. The average Bonchev–Trinajstić information content (AvgIpc) is 2.36. The third-order valence-corrected chi connectivity index (χ3v) is 2.41. The van der Waals surface area contributed by atoms with Crippen LogP contribution >= 0.6 is 0 Å². The lowest BCUT2D eigenvalue weighted by molar-refractivity contribution is -0.141. The van der Waals surface area contributed by atoms with E-state index in [0.717, 1.165) is 11.1 Å². The fourth-order valence-electron chi connectivity index (χ4n) is 1.64. The van der Waals surface area contributed by atoms with Gasteiger partial charge in [0, 0.05) is 25.4 Å². The number of rotatable bonds is 8. The highest BCUT2D eigenvalue weighted by molar-refractivity contribution is 5.27. The van der Waals surface area contributed by atoms with Gasteiger partial charge in [0.1, 0.15) is 0 Å². The second-order valence-electron chi connectivity index (χ2n) is 3.58. The summed E-state index contributed by atoms with van der Waals surface area (Å²) in [6.45, 7) is 8.51. The molecule has 0 aliphatic carbocycles. The van der Waals surface area contributed by atoms with Crippen molar-refractivity contribution in [2.45, 2.75) is 33.7 Å². The van der Waals surface area contributed by atoms with Crippen LogP contribution in [0.15, 0.2) is 24.3 Å². The molecule has 0 N–H and O–H groups in total. The Morgan fingerprint density at radius 1 is 0.941 bits per heavy atom. The summed E-state index contributed by atoms with van der Waals surface area (Å²) in [5.41, 5.74) is 2.19. The van der Waals surface area contributed by atoms with Gasteiger partial charge in [-0.05, 0) is 26.3 Å². The van der Waals surface area contributed by atoms with E-state index in [2.05, 4.69) is 6.07 Å². The first-order valence-electron chi connectivity index (χ1n) is 6.22. The molecule has 1 rings (SSSR count). The van der Waals surface area contributed by atoms with E-state index in [9.17, 15) is 0 Å². The van der Waals surface area contributed by atoms with Crippen molar-refractivity contribution in [2.75, 3.05) is 19.8 Å². The molecule has 0 saturated carbocycles. The molecule has 1 aromatic carbocycles. The Hall–Kier alpha value is -0.900. The Balaban J connectivity index is 2.83. The van der Waals surface area contributed by atoms with E-state index in [1.807, 2.05) is 39.0 Å². The van der Waals surface area contributed by atoms with Crippen molar-refractivity contribution in [2.24, 2.45) is 0 Å². The Labute approximate surface area is 104 Å². The van der Waals surface area contributed by atoms with E-state index in [0.29, 0.717) is 26.4 Å². The molecule has 3 heteroatoms. The number of ether oxygens (including phenoxy) is 3. The van der Waals surface area contributed by atoms with Gasteiger partial charge in [-0.15, -0.1) is 0 Å². The van der Waals surface area contributed by atoms with Gasteiger partial charge in [-0.3, -0.25) is 0 Å². The van der Waals surface area contributed by atoms with Crippen molar-refractivity contribution >= 4 is 0 Å². The molecule has 0 aliphatic heterocycles. The van der Waals surface area contributed by atoms with Gasteiger partial charge in [-0.25, -0.2) is 0 Å². The molecule has 0 spiro atoms. The average molecular weight is 238 g/mol. The molecule has 0 bridgehead atoms. The van der Waals surface area contributed by atoms with Gasteiger partial charge in [-0.2, -0.15) is 0 Å². The van der Waals surface area contributed by atoms with E-state index >= 15 is 0 Å². The van der Waals surface area contributed by atoms with Crippen LogP contribution in [0, 0.1) is 0 Å². The molecule has 0 unspecified atom stereocenters. The second kappa shape index (κ2) is 8.23. The molecule has 0 saturated heterocycles. The Kier molecular flexibility index (Phi) is 6.86. The summed E-state index contributed by atoms with van der Waals surface area (Å²) in [6.07, 6.45) is -0.290. The maximum atomic E-state index is 5.61. The molecule has 0 aromatic heterocycles. The summed E-state index contributed by atoms with van der Waals surface area (Å²) in [4.78, 5) is 0. The molecular formula is C14H22O3. The molecule has 17 heavy (non-hydrogen) atoms. The summed E-state index contributed by atoms with van der Waals surface area (Å²) in [5, 5.41) is 0. The van der Waals surface area contributed by atoms with E-state index in [1.54, 1.807) is 0 Å². The zero-order valence-electron chi connectivity index (χ0n) is 10.9. The minimum Gasteiger partial charge on any atom is -0.377 e. The Morgan fingerprint density at radius 2 is 1.59 bits per heavy atom. The first-order valence-corrected chi connectivity index (χ1v) is 6.22. The molecule has 0 aliphatic rings. The lowest BCUT2D eigenvalue weighted by Crippen LogP contribution is -2.11. The third-order valence-electron chi connectivity index (χ3n) is 2.41. The predicted octanol–water partition coefficient (Wildman–Crippen LogP) is 3.29. The van der Waals surface area contributed by atoms with Gasteiger partial charge in [0.2, 0.25) is 0 Å². The zero-order valence-corrected chi connectivity index (χ0v) is 10.9. The molecule has 0 amide bonds. The van der Waals surface area contributed by atoms with E-state index in [-0.39, 0.29) is 6.29 Å². The molecule has 1 aromatic rings. The van der Waals surface area contributed by atoms with Crippen molar-refractivity contribution in [3.05, 3.63) is 35.4 Å². The summed E-state index contributed by atoms with van der Waals surface area (Å²) >= 11 is 0. The van der Waals surface area contributed by atoms with Crippen LogP contribution in [0.25, 0.3) is 0 Å². The van der Waals surface area contributed by atoms with Crippen molar-refractivity contribution < 1.29 is 14.2 Å². The molecule has 3 nitrogen and oxygen atoms in total. The van der Waals surface area contributed by atoms with Crippen molar-refractivity contribution in [1.29, 1.82) is 0 Å². The van der Waals surface area contributed by atoms with Crippen molar-refractivity contribution in [1.82, 2.24) is 0 Å². The lowest BCUT2D eigenvalue weighted by atomic mass is 10.1. The highest BCUT2D eigenvalue weighted by atomic mass is 16.7. The van der Waals surface area contributed by atoms with Crippen LogP contribution in [0.3, 0.4) is 0 Å². The SMILES string of the molecule is CCOCc1ccccc1C(OCC)OCC. The minimum absolute atomic E-state index is 0.290. The van der Waals surface area contributed by atoms with E-state index in [1.165, 1.54) is 0 Å². The van der Waals surface area contributed by atoms with Gasteiger partial charge in [-0.1, -0.05) is 24.3 Å². The zero-order chi connectivity index (χ0) is 12.5. The number of hydrogen-bond acceptors (Lipinski definition) is 3. The molecular weight excluding hydrogens is 216 g/mol. The van der Waals surface area contributed by atoms with Gasteiger partial charge in [0.15, 0.2) is 6.29 Å². The largest absolute Gasteiger partial charge is 0.377 e. The third kappa shape index (κ3) is 4.46. The van der Waals surface area contributed by atoms with Crippen LogP contribution in [-0.4, -0.2) is 19.8 Å². The number of hydrogen-bond donors (Lipinski definition) is 0. The molecule has 0 heterocycles. The molecule has 96 valence electrons. The van der Waals surface area contributed by atoms with Crippen molar-refractivity contribution in [3.8, 4) is 0 Å². The van der Waals surface area contributed by atoms with E-state index < -0.39 is 0 Å². The molecule has 0 radical (unpaired) electrons. The van der Waals surface area contributed by atoms with Gasteiger partial charge in [0.25, 0.3) is 0 Å². The summed E-state index contributed by atoms with van der Waals surface area (Å²) in [7, 11) is 0. The van der Waals surface area contributed by atoms with Crippen LogP contribution in [0.1, 0.15) is 38.2 Å². The maximum absolute atomic E-state index is 5.61. The van der Waals surface area contributed by atoms with Crippen LogP contribution in [0.5, 0.6) is 0 Å².